The predicted molar refractivity (Wildman–Crippen MR) is 81.7 cm³/mol. The zero-order chi connectivity index (χ0) is 14.8. The van der Waals surface area contributed by atoms with E-state index in [1.165, 1.54) is 0 Å². The van der Waals surface area contributed by atoms with Gasteiger partial charge in [-0.2, -0.15) is 0 Å². The largest absolute Gasteiger partial charge is 0.388 e. The molecule has 106 valence electrons. The van der Waals surface area contributed by atoms with Crippen LogP contribution in [0.1, 0.15) is 43.6 Å². The highest BCUT2D eigenvalue weighted by atomic mass is 16.2. The molecule has 0 aliphatic rings. The van der Waals surface area contributed by atoms with Gasteiger partial charge in [0.25, 0.3) is 5.91 Å². The van der Waals surface area contributed by atoms with Gasteiger partial charge in [0.15, 0.2) is 0 Å². The van der Waals surface area contributed by atoms with E-state index in [1.807, 2.05) is 44.1 Å². The van der Waals surface area contributed by atoms with E-state index < -0.39 is 0 Å². The number of anilines is 1. The number of amides is 1. The molecule has 1 unspecified atom stereocenters. The average Bonchev–Trinajstić information content (AvgIpc) is 2.34. The molecule has 0 saturated carbocycles. The number of carbonyl (C=O) groups excluding carboxylic acids is 1. The van der Waals surface area contributed by atoms with Crippen LogP contribution < -0.4 is 5.32 Å². The molecule has 1 N–H and O–H groups in total. The van der Waals surface area contributed by atoms with E-state index in [-0.39, 0.29) is 17.4 Å². The summed E-state index contributed by atoms with van der Waals surface area (Å²) in [6, 6.07) is 6.02. The lowest BCUT2D eigenvalue weighted by molar-refractivity contribution is 0.0628. The molecule has 1 atom stereocenters. The second-order valence-electron chi connectivity index (χ2n) is 6.24. The number of hydrogen-bond acceptors (Lipinski definition) is 2. The quantitative estimate of drug-likeness (QED) is 0.903. The summed E-state index contributed by atoms with van der Waals surface area (Å²) in [6.07, 6.45) is 0. The molecule has 1 aromatic rings. The van der Waals surface area contributed by atoms with Gasteiger partial charge in [0, 0.05) is 31.4 Å². The lowest BCUT2D eigenvalue weighted by atomic mass is 9.87. The highest BCUT2D eigenvalue weighted by molar-refractivity contribution is 5.96. The molecule has 0 bridgehead atoms. The Labute approximate surface area is 117 Å². The van der Waals surface area contributed by atoms with Crippen LogP contribution in [0.25, 0.3) is 0 Å². The fraction of sp³-hybridized carbons (Fsp3) is 0.562. The summed E-state index contributed by atoms with van der Waals surface area (Å²) >= 11 is 0. The second-order valence-corrected chi connectivity index (χ2v) is 6.24. The number of carbonyl (C=O) groups is 1. The maximum absolute atomic E-state index is 12.6. The molecule has 0 saturated heterocycles. The van der Waals surface area contributed by atoms with Crippen LogP contribution in [0.3, 0.4) is 0 Å². The van der Waals surface area contributed by atoms with Crippen LogP contribution in [0.5, 0.6) is 0 Å². The van der Waals surface area contributed by atoms with Crippen LogP contribution in [-0.4, -0.2) is 30.9 Å². The second kappa shape index (κ2) is 5.64. The van der Waals surface area contributed by atoms with Crippen molar-refractivity contribution in [1.82, 2.24) is 4.90 Å². The minimum Gasteiger partial charge on any atom is -0.388 e. The number of benzene rings is 1. The van der Waals surface area contributed by atoms with Crippen LogP contribution in [0.4, 0.5) is 5.69 Å². The van der Waals surface area contributed by atoms with Crippen molar-refractivity contribution >= 4 is 11.6 Å². The highest BCUT2D eigenvalue weighted by Crippen LogP contribution is 2.25. The van der Waals surface area contributed by atoms with E-state index in [9.17, 15) is 4.79 Å². The number of nitrogens with zero attached hydrogens (tertiary/aromatic N) is 1. The lowest BCUT2D eigenvalue weighted by Gasteiger charge is -2.35. The van der Waals surface area contributed by atoms with Gasteiger partial charge < -0.3 is 10.2 Å². The van der Waals surface area contributed by atoms with Gasteiger partial charge in [-0.15, -0.1) is 0 Å². The molecule has 19 heavy (non-hydrogen) atoms. The molecule has 3 heteroatoms. The first-order valence-electron chi connectivity index (χ1n) is 6.74. The summed E-state index contributed by atoms with van der Waals surface area (Å²) < 4.78 is 0. The Bertz CT molecular complexity index is 460. The van der Waals surface area contributed by atoms with E-state index in [4.69, 9.17) is 0 Å². The molecule has 0 aromatic heterocycles. The van der Waals surface area contributed by atoms with Crippen LogP contribution in [0, 0.1) is 12.3 Å². The highest BCUT2D eigenvalue weighted by Gasteiger charge is 2.28. The van der Waals surface area contributed by atoms with Crippen LogP contribution in [0.15, 0.2) is 18.2 Å². The van der Waals surface area contributed by atoms with Crippen molar-refractivity contribution in [3.05, 3.63) is 29.3 Å². The van der Waals surface area contributed by atoms with Crippen molar-refractivity contribution in [1.29, 1.82) is 0 Å². The molecular formula is C16H26N2O. The van der Waals surface area contributed by atoms with E-state index in [1.54, 1.807) is 0 Å². The molecule has 3 nitrogen and oxygen atoms in total. The summed E-state index contributed by atoms with van der Waals surface area (Å²) in [6.45, 7) is 10.5. The smallest absolute Gasteiger partial charge is 0.254 e. The number of hydrogen-bond donors (Lipinski definition) is 1. The van der Waals surface area contributed by atoms with E-state index >= 15 is 0 Å². The molecule has 0 spiro atoms. The minimum atomic E-state index is 0.0726. The normalized spacial score (nSPS) is 13.0. The van der Waals surface area contributed by atoms with Gasteiger partial charge in [0.1, 0.15) is 0 Å². The fourth-order valence-electron chi connectivity index (χ4n) is 2.01. The van der Waals surface area contributed by atoms with Crippen molar-refractivity contribution in [2.45, 2.75) is 40.7 Å². The van der Waals surface area contributed by atoms with Crippen molar-refractivity contribution < 1.29 is 4.79 Å². The van der Waals surface area contributed by atoms with E-state index in [0.29, 0.717) is 0 Å². The zero-order valence-electron chi connectivity index (χ0n) is 13.2. The first kappa shape index (κ1) is 15.5. The Balaban J connectivity index is 3.01. The molecule has 0 aliphatic carbocycles. The number of rotatable bonds is 3. The Morgan fingerprint density at radius 2 is 1.89 bits per heavy atom. The summed E-state index contributed by atoms with van der Waals surface area (Å²) in [7, 11) is 3.76. The first-order valence-corrected chi connectivity index (χ1v) is 6.74. The Morgan fingerprint density at radius 1 is 1.32 bits per heavy atom. The third-order valence-corrected chi connectivity index (χ3v) is 3.90. The standard InChI is InChI=1S/C16H26N2O/c1-11-10-13(17-6)8-9-14(11)15(19)18(7)12(2)16(3,4)5/h8-10,12,17H,1-7H3. The van der Waals surface area contributed by atoms with Crippen LogP contribution in [0.2, 0.25) is 0 Å². The third kappa shape index (κ3) is 3.49. The predicted octanol–water partition coefficient (Wildman–Crippen LogP) is 3.54. The Kier molecular flexibility index (Phi) is 4.61. The lowest BCUT2D eigenvalue weighted by Crippen LogP contribution is -2.43. The molecule has 0 radical (unpaired) electrons. The fourth-order valence-corrected chi connectivity index (χ4v) is 2.01. The molecular weight excluding hydrogens is 236 g/mol. The number of nitrogens with one attached hydrogen (secondary N) is 1. The maximum atomic E-state index is 12.6. The van der Waals surface area contributed by atoms with Crippen molar-refractivity contribution in [3.63, 3.8) is 0 Å². The van der Waals surface area contributed by atoms with Crippen molar-refractivity contribution in [2.24, 2.45) is 5.41 Å². The SMILES string of the molecule is CNc1ccc(C(=O)N(C)C(C)C(C)(C)C)c(C)c1. The summed E-state index contributed by atoms with van der Waals surface area (Å²) in [5.41, 5.74) is 2.88. The number of aryl methyl sites for hydroxylation is 1. The monoisotopic (exact) mass is 262 g/mol. The van der Waals surface area contributed by atoms with Gasteiger partial charge in [0.2, 0.25) is 0 Å². The van der Waals surface area contributed by atoms with Crippen LogP contribution in [-0.2, 0) is 0 Å². The summed E-state index contributed by atoms with van der Waals surface area (Å²) in [4.78, 5) is 14.4. The van der Waals surface area contributed by atoms with Gasteiger partial charge >= 0.3 is 0 Å². The molecule has 0 aliphatic heterocycles. The topological polar surface area (TPSA) is 32.3 Å². The summed E-state index contributed by atoms with van der Waals surface area (Å²) in [5.74, 6) is 0.0857. The van der Waals surface area contributed by atoms with E-state index in [2.05, 4.69) is 33.0 Å². The zero-order valence-corrected chi connectivity index (χ0v) is 13.2. The molecule has 1 amide bonds. The first-order chi connectivity index (χ1) is 8.68. The van der Waals surface area contributed by atoms with Crippen molar-refractivity contribution in [2.75, 3.05) is 19.4 Å². The van der Waals surface area contributed by atoms with Gasteiger partial charge in [-0.1, -0.05) is 20.8 Å². The molecule has 1 rings (SSSR count). The minimum absolute atomic E-state index is 0.0726. The van der Waals surface area contributed by atoms with Gasteiger partial charge in [-0.05, 0) is 43.0 Å². The Hall–Kier alpha value is -1.51. The molecule has 0 fully saturated rings. The summed E-state index contributed by atoms with van der Waals surface area (Å²) in [5, 5.41) is 3.09. The van der Waals surface area contributed by atoms with E-state index in [0.717, 1.165) is 16.8 Å². The maximum Gasteiger partial charge on any atom is 0.254 e. The molecule has 0 heterocycles. The van der Waals surface area contributed by atoms with Crippen LogP contribution >= 0.6 is 0 Å². The third-order valence-electron chi connectivity index (χ3n) is 3.90. The average molecular weight is 262 g/mol. The van der Waals surface area contributed by atoms with Gasteiger partial charge in [-0.3, -0.25) is 4.79 Å². The van der Waals surface area contributed by atoms with Gasteiger partial charge in [0.05, 0.1) is 0 Å². The molecule has 1 aromatic carbocycles. The van der Waals surface area contributed by atoms with Crippen molar-refractivity contribution in [3.8, 4) is 0 Å². The van der Waals surface area contributed by atoms with Gasteiger partial charge in [-0.25, -0.2) is 0 Å². The Morgan fingerprint density at radius 3 is 2.32 bits per heavy atom.